The van der Waals surface area contributed by atoms with E-state index >= 15 is 0 Å². The molecule has 1 nitrogen and oxygen atoms in total. The van der Waals surface area contributed by atoms with E-state index < -0.39 is 0 Å². The van der Waals surface area contributed by atoms with Gasteiger partial charge < -0.3 is 5.32 Å². The van der Waals surface area contributed by atoms with Crippen LogP contribution in [0.3, 0.4) is 0 Å². The van der Waals surface area contributed by atoms with Gasteiger partial charge in [-0.15, -0.1) is 0 Å². The van der Waals surface area contributed by atoms with Crippen LogP contribution in [0.5, 0.6) is 0 Å². The molecule has 0 unspecified atom stereocenters. The van der Waals surface area contributed by atoms with Gasteiger partial charge in [0, 0.05) is 12.1 Å². The summed E-state index contributed by atoms with van der Waals surface area (Å²) in [5.41, 5.74) is 2.71. The summed E-state index contributed by atoms with van der Waals surface area (Å²) in [6, 6.07) is 9.46. The lowest BCUT2D eigenvalue weighted by Crippen LogP contribution is -2.12. The molecule has 0 fully saturated rings. The molecule has 0 bridgehead atoms. The molecule has 0 aromatic heterocycles. The van der Waals surface area contributed by atoms with E-state index in [-0.39, 0.29) is 0 Å². The van der Waals surface area contributed by atoms with Gasteiger partial charge in [-0.3, -0.25) is 0 Å². The molecule has 1 N–H and O–H groups in total. The number of halogens is 4. The topological polar surface area (TPSA) is 12.0 Å². The highest BCUT2D eigenvalue weighted by molar-refractivity contribution is 6.50. The molecule has 0 amide bonds. The second-order valence-electron chi connectivity index (χ2n) is 4.28. The molecule has 0 aliphatic carbocycles. The normalized spacial score (nSPS) is 10.8. The monoisotopic (exact) mass is 347 g/mol. The first-order valence-corrected chi connectivity index (χ1v) is 7.69. The van der Waals surface area contributed by atoms with Crippen molar-refractivity contribution in [2.24, 2.45) is 0 Å². The predicted molar refractivity (Wildman–Crippen MR) is 89.3 cm³/mol. The SMILES string of the molecule is CCNCc1ccccc1-c1c(Cl)c(Cl)cc(Cl)c1Cl. The van der Waals surface area contributed by atoms with Crippen LogP contribution in [-0.2, 0) is 6.54 Å². The van der Waals surface area contributed by atoms with Gasteiger partial charge >= 0.3 is 0 Å². The van der Waals surface area contributed by atoms with Crippen LogP contribution in [0.15, 0.2) is 30.3 Å². The molecule has 20 heavy (non-hydrogen) atoms. The van der Waals surface area contributed by atoms with Crippen molar-refractivity contribution >= 4 is 46.4 Å². The van der Waals surface area contributed by atoms with Crippen LogP contribution < -0.4 is 5.32 Å². The maximum Gasteiger partial charge on any atom is 0.0686 e. The Morgan fingerprint density at radius 1 is 0.950 bits per heavy atom. The average molecular weight is 349 g/mol. The third-order valence-electron chi connectivity index (χ3n) is 2.96. The molecular formula is C15H13Cl4N. The van der Waals surface area contributed by atoms with Crippen molar-refractivity contribution < 1.29 is 0 Å². The highest BCUT2D eigenvalue weighted by Crippen LogP contribution is 2.44. The number of nitrogens with one attached hydrogen (secondary N) is 1. The van der Waals surface area contributed by atoms with Gasteiger partial charge in [-0.05, 0) is 23.7 Å². The predicted octanol–water partition coefficient (Wildman–Crippen LogP) is 6.08. The van der Waals surface area contributed by atoms with Crippen molar-refractivity contribution in [3.05, 3.63) is 56.0 Å². The van der Waals surface area contributed by atoms with E-state index in [1.165, 1.54) is 0 Å². The molecule has 2 aromatic rings. The Kier molecular flexibility index (Phi) is 5.59. The van der Waals surface area contributed by atoms with E-state index in [4.69, 9.17) is 46.4 Å². The van der Waals surface area contributed by atoms with Gasteiger partial charge in [0.1, 0.15) is 0 Å². The smallest absolute Gasteiger partial charge is 0.0686 e. The van der Waals surface area contributed by atoms with Gasteiger partial charge in [-0.2, -0.15) is 0 Å². The summed E-state index contributed by atoms with van der Waals surface area (Å²) in [5.74, 6) is 0. The first-order chi connectivity index (χ1) is 9.56. The van der Waals surface area contributed by atoms with Gasteiger partial charge in [0.15, 0.2) is 0 Å². The lowest BCUT2D eigenvalue weighted by Gasteiger charge is -2.15. The maximum atomic E-state index is 6.32. The van der Waals surface area contributed by atoms with Crippen LogP contribution in [0, 0.1) is 0 Å². The fourth-order valence-corrected chi connectivity index (χ4v) is 3.00. The maximum absolute atomic E-state index is 6.32. The first-order valence-electron chi connectivity index (χ1n) is 6.18. The highest BCUT2D eigenvalue weighted by atomic mass is 35.5. The number of benzene rings is 2. The largest absolute Gasteiger partial charge is 0.313 e. The molecule has 0 radical (unpaired) electrons. The van der Waals surface area contributed by atoms with Crippen LogP contribution in [0.25, 0.3) is 11.1 Å². The van der Waals surface area contributed by atoms with Crippen LogP contribution in [0.1, 0.15) is 12.5 Å². The lowest BCUT2D eigenvalue weighted by molar-refractivity contribution is 0.728. The molecule has 0 aliphatic heterocycles. The summed E-state index contributed by atoms with van der Waals surface area (Å²) in [4.78, 5) is 0. The Labute approximate surface area is 138 Å². The molecule has 0 atom stereocenters. The second-order valence-corrected chi connectivity index (χ2v) is 5.85. The summed E-state index contributed by atoms with van der Waals surface area (Å²) in [7, 11) is 0. The zero-order valence-electron chi connectivity index (χ0n) is 10.8. The third-order valence-corrected chi connectivity index (χ3v) is 4.54. The van der Waals surface area contributed by atoms with Crippen LogP contribution in [0.4, 0.5) is 0 Å². The number of rotatable bonds is 4. The zero-order chi connectivity index (χ0) is 14.7. The molecule has 5 heteroatoms. The molecule has 2 aromatic carbocycles. The van der Waals surface area contributed by atoms with E-state index in [0.29, 0.717) is 25.7 Å². The van der Waals surface area contributed by atoms with Crippen LogP contribution in [0.2, 0.25) is 20.1 Å². The summed E-state index contributed by atoms with van der Waals surface area (Å²) in [6.45, 7) is 3.66. The lowest BCUT2D eigenvalue weighted by atomic mass is 9.99. The fourth-order valence-electron chi connectivity index (χ4n) is 1.99. The summed E-state index contributed by atoms with van der Waals surface area (Å²) in [6.07, 6.45) is 0. The van der Waals surface area contributed by atoms with E-state index in [1.807, 2.05) is 24.3 Å². The van der Waals surface area contributed by atoms with Crippen molar-refractivity contribution in [2.45, 2.75) is 13.5 Å². The molecule has 0 saturated carbocycles. The molecule has 0 aliphatic rings. The number of hydrogen-bond donors (Lipinski definition) is 1. The second kappa shape index (κ2) is 7.02. The van der Waals surface area contributed by atoms with E-state index in [2.05, 4.69) is 12.2 Å². The quantitative estimate of drug-likeness (QED) is 0.660. The summed E-state index contributed by atoms with van der Waals surface area (Å²) >= 11 is 24.8. The highest BCUT2D eigenvalue weighted by Gasteiger charge is 2.17. The van der Waals surface area contributed by atoms with Gasteiger partial charge in [0.05, 0.1) is 20.1 Å². The molecule has 106 valence electrons. The van der Waals surface area contributed by atoms with Gasteiger partial charge in [0.2, 0.25) is 0 Å². The summed E-state index contributed by atoms with van der Waals surface area (Å²) in [5, 5.41) is 4.93. The summed E-state index contributed by atoms with van der Waals surface area (Å²) < 4.78 is 0. The third kappa shape index (κ3) is 3.24. The Balaban J connectivity index is 2.63. The van der Waals surface area contributed by atoms with Crippen molar-refractivity contribution in [3.8, 4) is 11.1 Å². The first kappa shape index (κ1) is 15.9. The molecule has 2 rings (SSSR count). The standard InChI is InChI=1S/C15H13Cl4N/c1-2-20-8-9-5-3-4-6-10(9)13-14(18)11(16)7-12(17)15(13)19/h3-7,20H,2,8H2,1H3. The van der Waals surface area contributed by atoms with Crippen LogP contribution >= 0.6 is 46.4 Å². The Hall–Kier alpha value is -0.440. The van der Waals surface area contributed by atoms with Crippen molar-refractivity contribution in [2.75, 3.05) is 6.54 Å². The van der Waals surface area contributed by atoms with E-state index in [0.717, 1.165) is 24.2 Å². The minimum Gasteiger partial charge on any atom is -0.313 e. The van der Waals surface area contributed by atoms with Gasteiger partial charge in [-0.25, -0.2) is 0 Å². The Morgan fingerprint density at radius 3 is 2.15 bits per heavy atom. The van der Waals surface area contributed by atoms with E-state index in [1.54, 1.807) is 6.07 Å². The van der Waals surface area contributed by atoms with Crippen molar-refractivity contribution in [3.63, 3.8) is 0 Å². The Morgan fingerprint density at radius 2 is 1.55 bits per heavy atom. The number of hydrogen-bond acceptors (Lipinski definition) is 1. The van der Waals surface area contributed by atoms with Gasteiger partial charge in [0.25, 0.3) is 0 Å². The minimum atomic E-state index is 0.398. The molecule has 0 saturated heterocycles. The molecule has 0 heterocycles. The van der Waals surface area contributed by atoms with Gasteiger partial charge in [-0.1, -0.05) is 77.6 Å². The zero-order valence-corrected chi connectivity index (χ0v) is 13.8. The van der Waals surface area contributed by atoms with Crippen LogP contribution in [-0.4, -0.2) is 6.54 Å². The minimum absolute atomic E-state index is 0.398. The molecular weight excluding hydrogens is 336 g/mol. The van der Waals surface area contributed by atoms with Crippen molar-refractivity contribution in [1.82, 2.24) is 5.32 Å². The average Bonchev–Trinajstić information content (AvgIpc) is 2.44. The van der Waals surface area contributed by atoms with E-state index in [9.17, 15) is 0 Å². The molecule has 0 spiro atoms. The Bertz CT molecular complexity index is 599. The van der Waals surface area contributed by atoms with Crippen molar-refractivity contribution in [1.29, 1.82) is 0 Å². The fraction of sp³-hybridized carbons (Fsp3) is 0.200.